The summed E-state index contributed by atoms with van der Waals surface area (Å²) in [6.45, 7) is 2.67. The number of ether oxygens (including phenoxy) is 2. The minimum Gasteiger partial charge on any atom is -0.493 e. The molecule has 0 heterocycles. The van der Waals surface area contributed by atoms with Gasteiger partial charge in [-0.15, -0.1) is 0 Å². The average molecular weight is 269 g/mol. The Hall–Kier alpha value is -1.30. The average Bonchev–Trinajstić information content (AvgIpc) is 2.44. The number of nitrogens with one attached hydrogen (secondary N) is 1. The Kier molecular flexibility index (Phi) is 6.62. The smallest absolute Gasteiger partial charge is 0.161 e. The molecule has 0 radical (unpaired) electrons. The van der Waals surface area contributed by atoms with Gasteiger partial charge in [0, 0.05) is 19.2 Å². The van der Waals surface area contributed by atoms with Crippen LogP contribution in [-0.2, 0) is 6.54 Å². The first kappa shape index (κ1) is 15.8. The first-order valence-electron chi connectivity index (χ1n) is 6.32. The standard InChI is InChI=1S/C14H23NO4/c1-10-6-13(18-2)14(19-3)7-11(10)8-15-12(9-17)4-5-16/h6-7,12,15-17H,4-5,8-9H2,1-3H3. The number of hydrogen-bond acceptors (Lipinski definition) is 5. The van der Waals surface area contributed by atoms with Crippen molar-refractivity contribution in [1.29, 1.82) is 0 Å². The highest BCUT2D eigenvalue weighted by Gasteiger charge is 2.10. The van der Waals surface area contributed by atoms with Gasteiger partial charge in [-0.05, 0) is 36.6 Å². The van der Waals surface area contributed by atoms with Crippen LogP contribution in [0.3, 0.4) is 0 Å². The molecule has 0 saturated carbocycles. The lowest BCUT2D eigenvalue weighted by Crippen LogP contribution is -2.33. The number of rotatable bonds is 8. The van der Waals surface area contributed by atoms with Crippen LogP contribution in [0.1, 0.15) is 17.5 Å². The molecule has 0 aliphatic rings. The van der Waals surface area contributed by atoms with Crippen LogP contribution in [0.4, 0.5) is 0 Å². The van der Waals surface area contributed by atoms with Gasteiger partial charge in [0.05, 0.1) is 20.8 Å². The maximum atomic E-state index is 9.17. The molecule has 0 aliphatic heterocycles. The quantitative estimate of drug-likeness (QED) is 0.652. The Bertz CT molecular complexity index is 395. The molecule has 1 aromatic rings. The van der Waals surface area contributed by atoms with E-state index in [4.69, 9.17) is 19.7 Å². The van der Waals surface area contributed by atoms with E-state index in [2.05, 4.69) is 5.32 Å². The minimum atomic E-state index is -0.0995. The summed E-state index contributed by atoms with van der Waals surface area (Å²) < 4.78 is 10.5. The lowest BCUT2D eigenvalue weighted by molar-refractivity contribution is 0.199. The second-order valence-electron chi connectivity index (χ2n) is 4.41. The highest BCUT2D eigenvalue weighted by molar-refractivity contribution is 5.47. The summed E-state index contributed by atoms with van der Waals surface area (Å²) in [5.41, 5.74) is 2.17. The number of aliphatic hydroxyl groups is 2. The van der Waals surface area contributed by atoms with Gasteiger partial charge in [0.1, 0.15) is 0 Å². The summed E-state index contributed by atoms with van der Waals surface area (Å²) in [4.78, 5) is 0. The van der Waals surface area contributed by atoms with E-state index in [1.807, 2.05) is 19.1 Å². The molecule has 3 N–H and O–H groups in total. The fourth-order valence-electron chi connectivity index (χ4n) is 1.88. The highest BCUT2D eigenvalue weighted by atomic mass is 16.5. The van der Waals surface area contributed by atoms with E-state index in [1.54, 1.807) is 14.2 Å². The van der Waals surface area contributed by atoms with Gasteiger partial charge in [0.15, 0.2) is 11.5 Å². The van der Waals surface area contributed by atoms with Gasteiger partial charge in [0.25, 0.3) is 0 Å². The van der Waals surface area contributed by atoms with Crippen LogP contribution in [0.2, 0.25) is 0 Å². The van der Waals surface area contributed by atoms with Gasteiger partial charge in [-0.25, -0.2) is 0 Å². The SMILES string of the molecule is COc1cc(C)c(CNC(CO)CCO)cc1OC. The van der Waals surface area contributed by atoms with Crippen LogP contribution < -0.4 is 14.8 Å². The molecule has 0 saturated heterocycles. The Morgan fingerprint density at radius 3 is 2.32 bits per heavy atom. The Morgan fingerprint density at radius 2 is 1.79 bits per heavy atom. The molecule has 1 rings (SSSR count). The van der Waals surface area contributed by atoms with Crippen molar-refractivity contribution in [3.63, 3.8) is 0 Å². The molecule has 0 fully saturated rings. The number of methoxy groups -OCH3 is 2. The minimum absolute atomic E-state index is 0.00684. The van der Waals surface area contributed by atoms with Gasteiger partial charge in [-0.2, -0.15) is 0 Å². The predicted octanol–water partition coefficient (Wildman–Crippen LogP) is 0.845. The molecule has 1 aromatic carbocycles. The molecule has 0 bridgehead atoms. The zero-order valence-electron chi connectivity index (χ0n) is 11.8. The van der Waals surface area contributed by atoms with Gasteiger partial charge in [-0.3, -0.25) is 0 Å². The highest BCUT2D eigenvalue weighted by Crippen LogP contribution is 2.30. The van der Waals surface area contributed by atoms with Crippen LogP contribution in [-0.4, -0.2) is 43.7 Å². The monoisotopic (exact) mass is 269 g/mol. The third-order valence-corrected chi connectivity index (χ3v) is 3.12. The molecule has 0 amide bonds. The Balaban J connectivity index is 2.77. The molecule has 5 heteroatoms. The molecular formula is C14H23NO4. The second-order valence-corrected chi connectivity index (χ2v) is 4.41. The Labute approximate surface area is 114 Å². The zero-order valence-corrected chi connectivity index (χ0v) is 11.8. The van der Waals surface area contributed by atoms with E-state index < -0.39 is 0 Å². The molecule has 108 valence electrons. The molecule has 1 unspecified atom stereocenters. The van der Waals surface area contributed by atoms with Crippen molar-refractivity contribution in [2.24, 2.45) is 0 Å². The number of benzene rings is 1. The second kappa shape index (κ2) is 7.99. The fraction of sp³-hybridized carbons (Fsp3) is 0.571. The van der Waals surface area contributed by atoms with Crippen molar-refractivity contribution < 1.29 is 19.7 Å². The van der Waals surface area contributed by atoms with Gasteiger partial charge in [0.2, 0.25) is 0 Å². The van der Waals surface area contributed by atoms with Crippen LogP contribution in [0, 0.1) is 6.92 Å². The van der Waals surface area contributed by atoms with Crippen molar-refractivity contribution in [1.82, 2.24) is 5.32 Å². The lowest BCUT2D eigenvalue weighted by atomic mass is 10.1. The van der Waals surface area contributed by atoms with Crippen LogP contribution >= 0.6 is 0 Å². The predicted molar refractivity (Wildman–Crippen MR) is 73.7 cm³/mol. The van der Waals surface area contributed by atoms with E-state index in [0.29, 0.717) is 24.5 Å². The topological polar surface area (TPSA) is 71.0 Å². The summed E-state index contributed by atoms with van der Waals surface area (Å²) in [6.07, 6.45) is 0.531. The third-order valence-electron chi connectivity index (χ3n) is 3.12. The van der Waals surface area contributed by atoms with Gasteiger partial charge >= 0.3 is 0 Å². The summed E-state index contributed by atoms with van der Waals surface area (Å²) in [6, 6.07) is 3.75. The fourth-order valence-corrected chi connectivity index (χ4v) is 1.88. The Morgan fingerprint density at radius 1 is 1.16 bits per heavy atom. The zero-order chi connectivity index (χ0) is 14.3. The number of aliphatic hydroxyl groups excluding tert-OH is 2. The molecule has 0 aliphatic carbocycles. The summed E-state index contributed by atoms with van der Waals surface area (Å²) in [7, 11) is 3.21. The van der Waals surface area contributed by atoms with Crippen molar-refractivity contribution in [2.75, 3.05) is 27.4 Å². The maximum Gasteiger partial charge on any atom is 0.161 e. The van der Waals surface area contributed by atoms with E-state index >= 15 is 0 Å². The molecule has 0 spiro atoms. The molecule has 0 aromatic heterocycles. The van der Waals surface area contributed by atoms with Crippen LogP contribution in [0.15, 0.2) is 12.1 Å². The van der Waals surface area contributed by atoms with Gasteiger partial charge < -0.3 is 25.0 Å². The molecule has 1 atom stereocenters. The van der Waals surface area contributed by atoms with E-state index in [1.165, 1.54) is 0 Å². The van der Waals surface area contributed by atoms with E-state index in [9.17, 15) is 0 Å². The van der Waals surface area contributed by atoms with Crippen molar-refractivity contribution >= 4 is 0 Å². The van der Waals surface area contributed by atoms with Crippen LogP contribution in [0.5, 0.6) is 11.5 Å². The van der Waals surface area contributed by atoms with Crippen molar-refractivity contribution in [2.45, 2.75) is 25.9 Å². The van der Waals surface area contributed by atoms with Crippen molar-refractivity contribution in [3.8, 4) is 11.5 Å². The molecule has 19 heavy (non-hydrogen) atoms. The summed E-state index contributed by atoms with van der Waals surface area (Å²) in [5, 5.41) is 21.3. The summed E-state index contributed by atoms with van der Waals surface area (Å²) >= 11 is 0. The van der Waals surface area contributed by atoms with E-state index in [-0.39, 0.29) is 19.3 Å². The first-order valence-corrected chi connectivity index (χ1v) is 6.32. The first-order chi connectivity index (χ1) is 9.15. The largest absolute Gasteiger partial charge is 0.493 e. The van der Waals surface area contributed by atoms with Gasteiger partial charge in [-0.1, -0.05) is 0 Å². The maximum absolute atomic E-state index is 9.17. The molecule has 5 nitrogen and oxygen atoms in total. The van der Waals surface area contributed by atoms with Crippen molar-refractivity contribution in [3.05, 3.63) is 23.3 Å². The number of hydrogen-bond donors (Lipinski definition) is 3. The van der Waals surface area contributed by atoms with Crippen LogP contribution in [0.25, 0.3) is 0 Å². The number of aryl methyl sites for hydroxylation is 1. The lowest BCUT2D eigenvalue weighted by Gasteiger charge is -2.17. The van der Waals surface area contributed by atoms with E-state index in [0.717, 1.165) is 11.1 Å². The normalized spacial score (nSPS) is 12.3. The third kappa shape index (κ3) is 4.38. The summed E-state index contributed by atoms with van der Waals surface area (Å²) in [5.74, 6) is 1.39. The molecular weight excluding hydrogens is 246 g/mol.